The van der Waals surface area contributed by atoms with Crippen LogP contribution in [0.1, 0.15) is 28.3 Å². The van der Waals surface area contributed by atoms with Gasteiger partial charge in [-0.1, -0.05) is 41.9 Å². The largest absolute Gasteiger partial charge is 0.493 e. The summed E-state index contributed by atoms with van der Waals surface area (Å²) >= 11 is 6.11. The van der Waals surface area contributed by atoms with Gasteiger partial charge < -0.3 is 9.47 Å². The van der Waals surface area contributed by atoms with Crippen LogP contribution in [-0.2, 0) is 13.0 Å². The molecule has 4 nitrogen and oxygen atoms in total. The van der Waals surface area contributed by atoms with Crippen molar-refractivity contribution < 1.29 is 9.47 Å². The Kier molecular flexibility index (Phi) is 5.51. The smallest absolute Gasteiger partial charge is 0.161 e. The summed E-state index contributed by atoms with van der Waals surface area (Å²) in [6.45, 7) is 1.75. The molecule has 3 aromatic rings. The van der Waals surface area contributed by atoms with Crippen molar-refractivity contribution in [2.24, 2.45) is 0 Å². The Bertz CT molecular complexity index is 962. The van der Waals surface area contributed by atoms with Gasteiger partial charge in [-0.05, 0) is 52.9 Å². The van der Waals surface area contributed by atoms with Gasteiger partial charge in [-0.3, -0.25) is 4.90 Å². The second kappa shape index (κ2) is 8.21. The van der Waals surface area contributed by atoms with Crippen molar-refractivity contribution in [1.29, 1.82) is 0 Å². The summed E-state index contributed by atoms with van der Waals surface area (Å²) in [5, 5.41) is 0.526. The molecule has 0 saturated carbocycles. The van der Waals surface area contributed by atoms with Gasteiger partial charge >= 0.3 is 0 Å². The maximum absolute atomic E-state index is 6.11. The van der Waals surface area contributed by atoms with E-state index in [0.29, 0.717) is 5.15 Å². The Balaban J connectivity index is 1.78. The Hall–Kier alpha value is -2.56. The Morgan fingerprint density at radius 2 is 1.79 bits per heavy atom. The molecule has 0 unspecified atom stereocenters. The van der Waals surface area contributed by atoms with Crippen molar-refractivity contribution in [2.45, 2.75) is 19.0 Å². The summed E-state index contributed by atoms with van der Waals surface area (Å²) < 4.78 is 11.1. The summed E-state index contributed by atoms with van der Waals surface area (Å²) in [6.07, 6.45) is 2.72. The lowest BCUT2D eigenvalue weighted by molar-refractivity contribution is 0.203. The molecule has 0 N–H and O–H groups in total. The van der Waals surface area contributed by atoms with Gasteiger partial charge in [0.2, 0.25) is 0 Å². The third-order valence-corrected chi connectivity index (χ3v) is 5.47. The van der Waals surface area contributed by atoms with Crippen molar-refractivity contribution in [3.63, 3.8) is 0 Å². The van der Waals surface area contributed by atoms with E-state index in [0.717, 1.165) is 36.6 Å². The molecule has 0 bridgehead atoms. The van der Waals surface area contributed by atoms with Crippen LogP contribution in [0.3, 0.4) is 0 Å². The van der Waals surface area contributed by atoms with Gasteiger partial charge in [0.25, 0.3) is 0 Å². The van der Waals surface area contributed by atoms with Gasteiger partial charge in [0.15, 0.2) is 11.5 Å². The highest BCUT2D eigenvalue weighted by Gasteiger charge is 2.30. The zero-order valence-corrected chi connectivity index (χ0v) is 16.8. The van der Waals surface area contributed by atoms with Gasteiger partial charge in [0.05, 0.1) is 20.3 Å². The molecule has 0 saturated heterocycles. The van der Waals surface area contributed by atoms with Crippen LogP contribution < -0.4 is 9.47 Å². The fraction of sp³-hybridized carbons (Fsp3) is 0.261. The number of pyridine rings is 1. The number of methoxy groups -OCH3 is 2. The van der Waals surface area contributed by atoms with Crippen LogP contribution in [0, 0.1) is 0 Å². The number of nitrogens with zero attached hydrogens (tertiary/aromatic N) is 2. The van der Waals surface area contributed by atoms with Crippen LogP contribution in [0.2, 0.25) is 5.15 Å². The number of hydrogen-bond donors (Lipinski definition) is 0. The van der Waals surface area contributed by atoms with E-state index < -0.39 is 0 Å². The Morgan fingerprint density at radius 1 is 1.04 bits per heavy atom. The molecule has 0 radical (unpaired) electrons. The molecule has 2 heterocycles. The van der Waals surface area contributed by atoms with E-state index in [1.165, 1.54) is 16.7 Å². The van der Waals surface area contributed by atoms with Gasteiger partial charge in [0, 0.05) is 19.3 Å². The standard InChI is InChI=1S/C23H23ClN2O2/c1-27-20-13-18-9-11-26(15-16-8-10-25-22(24)12-16)23(17-6-4-3-5-7-17)19(18)14-21(20)28-2/h3-8,10,12-14,23H,9,11,15H2,1-2H3/t23-/m0/s1. The minimum Gasteiger partial charge on any atom is -0.493 e. The molecule has 1 atom stereocenters. The number of fused-ring (bicyclic) bond motifs is 1. The summed E-state index contributed by atoms with van der Waals surface area (Å²) in [6, 6.07) is 18.9. The predicted octanol–water partition coefficient (Wildman–Crippen LogP) is 4.90. The molecule has 2 aromatic carbocycles. The Labute approximate surface area is 170 Å². The molecule has 0 aliphatic carbocycles. The Morgan fingerprint density at radius 3 is 2.50 bits per heavy atom. The van der Waals surface area contributed by atoms with Crippen molar-refractivity contribution in [2.75, 3.05) is 20.8 Å². The summed E-state index contributed by atoms with van der Waals surface area (Å²) in [4.78, 5) is 6.59. The monoisotopic (exact) mass is 394 g/mol. The second-order valence-electron chi connectivity index (χ2n) is 6.93. The molecule has 0 amide bonds. The third kappa shape index (κ3) is 3.71. The van der Waals surface area contributed by atoms with E-state index in [4.69, 9.17) is 21.1 Å². The molecule has 0 fully saturated rings. The highest BCUT2D eigenvalue weighted by atomic mass is 35.5. The highest BCUT2D eigenvalue weighted by Crippen LogP contribution is 2.41. The van der Waals surface area contributed by atoms with E-state index in [1.807, 2.05) is 12.1 Å². The average molecular weight is 395 g/mol. The lowest BCUT2D eigenvalue weighted by atomic mass is 9.87. The first-order chi connectivity index (χ1) is 13.7. The maximum Gasteiger partial charge on any atom is 0.161 e. The third-order valence-electron chi connectivity index (χ3n) is 5.27. The minimum atomic E-state index is 0.136. The van der Waals surface area contributed by atoms with Crippen molar-refractivity contribution in [3.05, 3.63) is 88.2 Å². The normalized spacial score (nSPS) is 16.5. The maximum atomic E-state index is 6.11. The molecule has 1 aliphatic heterocycles. The van der Waals surface area contributed by atoms with Crippen LogP contribution >= 0.6 is 11.6 Å². The van der Waals surface area contributed by atoms with E-state index in [2.05, 4.69) is 52.3 Å². The van der Waals surface area contributed by atoms with E-state index in [1.54, 1.807) is 20.4 Å². The van der Waals surface area contributed by atoms with E-state index >= 15 is 0 Å². The van der Waals surface area contributed by atoms with Crippen molar-refractivity contribution in [3.8, 4) is 11.5 Å². The van der Waals surface area contributed by atoms with E-state index in [-0.39, 0.29) is 6.04 Å². The van der Waals surface area contributed by atoms with Crippen molar-refractivity contribution in [1.82, 2.24) is 9.88 Å². The lowest BCUT2D eigenvalue weighted by Gasteiger charge is -2.38. The number of ether oxygens (including phenoxy) is 2. The summed E-state index contributed by atoms with van der Waals surface area (Å²) in [5.41, 5.74) is 4.98. The SMILES string of the molecule is COc1cc2c(cc1OC)[C@H](c1ccccc1)N(Cc1ccnc(Cl)c1)CC2. The fourth-order valence-corrected chi connectivity index (χ4v) is 4.17. The molecule has 144 valence electrons. The molecule has 1 aliphatic rings. The summed E-state index contributed by atoms with van der Waals surface area (Å²) in [5.74, 6) is 1.54. The van der Waals surface area contributed by atoms with Crippen LogP contribution in [0.25, 0.3) is 0 Å². The summed E-state index contributed by atoms with van der Waals surface area (Å²) in [7, 11) is 3.36. The quantitative estimate of drug-likeness (QED) is 0.576. The molecular weight excluding hydrogens is 372 g/mol. The van der Waals surface area contributed by atoms with Crippen LogP contribution in [-0.4, -0.2) is 30.6 Å². The molecular formula is C23H23ClN2O2. The highest BCUT2D eigenvalue weighted by molar-refractivity contribution is 6.29. The number of halogens is 1. The fourth-order valence-electron chi connectivity index (χ4n) is 3.97. The first-order valence-corrected chi connectivity index (χ1v) is 9.71. The first-order valence-electron chi connectivity index (χ1n) is 9.34. The predicted molar refractivity (Wildman–Crippen MR) is 111 cm³/mol. The van der Waals surface area contributed by atoms with Crippen molar-refractivity contribution >= 4 is 11.6 Å². The minimum absolute atomic E-state index is 0.136. The molecule has 0 spiro atoms. The first kappa shape index (κ1) is 18.8. The topological polar surface area (TPSA) is 34.6 Å². The van der Waals surface area contributed by atoms with Gasteiger partial charge in [-0.25, -0.2) is 4.98 Å². The van der Waals surface area contributed by atoms with Crippen LogP contribution in [0.4, 0.5) is 0 Å². The number of aromatic nitrogens is 1. The molecule has 28 heavy (non-hydrogen) atoms. The zero-order valence-electron chi connectivity index (χ0n) is 16.1. The van der Waals surface area contributed by atoms with Crippen LogP contribution in [0.15, 0.2) is 60.8 Å². The van der Waals surface area contributed by atoms with Crippen LogP contribution in [0.5, 0.6) is 11.5 Å². The molecule has 5 heteroatoms. The average Bonchev–Trinajstić information content (AvgIpc) is 2.73. The lowest BCUT2D eigenvalue weighted by Crippen LogP contribution is -2.35. The zero-order chi connectivity index (χ0) is 19.5. The van der Waals surface area contributed by atoms with Gasteiger partial charge in [0.1, 0.15) is 5.15 Å². The number of benzene rings is 2. The van der Waals surface area contributed by atoms with Gasteiger partial charge in [-0.15, -0.1) is 0 Å². The number of rotatable bonds is 5. The molecule has 1 aromatic heterocycles. The second-order valence-corrected chi connectivity index (χ2v) is 7.31. The van der Waals surface area contributed by atoms with Gasteiger partial charge in [-0.2, -0.15) is 0 Å². The molecule has 4 rings (SSSR count). The van der Waals surface area contributed by atoms with E-state index in [9.17, 15) is 0 Å². The number of hydrogen-bond acceptors (Lipinski definition) is 4.